The SMILES string of the molecule is CCS(=O)(=O)c1ccc(CC(=O)Nc2nnc(-c3ccco3)o2)cc1. The summed E-state index contributed by atoms with van der Waals surface area (Å²) >= 11 is 0. The van der Waals surface area contributed by atoms with Gasteiger partial charge in [0.1, 0.15) is 0 Å². The summed E-state index contributed by atoms with van der Waals surface area (Å²) in [4.78, 5) is 12.3. The molecule has 2 aromatic heterocycles. The predicted molar refractivity (Wildman–Crippen MR) is 88.5 cm³/mol. The summed E-state index contributed by atoms with van der Waals surface area (Å²) in [5.74, 6) is 0.234. The van der Waals surface area contributed by atoms with Crippen LogP contribution < -0.4 is 5.32 Å². The van der Waals surface area contributed by atoms with Gasteiger partial charge in [0.25, 0.3) is 5.89 Å². The molecule has 0 aliphatic heterocycles. The highest BCUT2D eigenvalue weighted by atomic mass is 32.2. The molecular weight excluding hydrogens is 346 g/mol. The molecule has 0 saturated heterocycles. The van der Waals surface area contributed by atoms with Gasteiger partial charge in [-0.15, -0.1) is 5.10 Å². The molecule has 0 unspecified atom stereocenters. The van der Waals surface area contributed by atoms with Crippen molar-refractivity contribution < 1.29 is 22.0 Å². The van der Waals surface area contributed by atoms with Crippen molar-refractivity contribution in [2.75, 3.05) is 11.1 Å². The second kappa shape index (κ2) is 6.89. The van der Waals surface area contributed by atoms with Crippen LogP contribution in [0.4, 0.5) is 6.01 Å². The fourth-order valence-corrected chi connectivity index (χ4v) is 2.99. The van der Waals surface area contributed by atoms with E-state index in [0.717, 1.165) is 0 Å². The first-order valence-electron chi connectivity index (χ1n) is 7.47. The molecule has 9 heteroatoms. The molecule has 1 N–H and O–H groups in total. The summed E-state index contributed by atoms with van der Waals surface area (Å²) in [5.41, 5.74) is 0.665. The van der Waals surface area contributed by atoms with Crippen LogP contribution in [0.15, 0.2) is 56.4 Å². The first-order valence-corrected chi connectivity index (χ1v) is 9.12. The van der Waals surface area contributed by atoms with Crippen molar-refractivity contribution in [3.63, 3.8) is 0 Å². The van der Waals surface area contributed by atoms with Crippen molar-refractivity contribution in [3.05, 3.63) is 48.2 Å². The Morgan fingerprint density at radius 1 is 1.16 bits per heavy atom. The molecule has 0 aliphatic carbocycles. The number of nitrogens with one attached hydrogen (secondary N) is 1. The van der Waals surface area contributed by atoms with E-state index in [-0.39, 0.29) is 34.9 Å². The molecule has 1 aromatic carbocycles. The maximum absolute atomic E-state index is 12.0. The predicted octanol–water partition coefficient (Wildman–Crippen LogP) is 2.30. The quantitative estimate of drug-likeness (QED) is 0.716. The largest absolute Gasteiger partial charge is 0.459 e. The molecule has 25 heavy (non-hydrogen) atoms. The Hall–Kier alpha value is -2.94. The number of carbonyl (C=O) groups excluding carboxylic acids is 1. The summed E-state index contributed by atoms with van der Waals surface area (Å²) in [7, 11) is -3.25. The Bertz CT molecular complexity index is 960. The number of anilines is 1. The van der Waals surface area contributed by atoms with Gasteiger partial charge < -0.3 is 8.83 Å². The highest BCUT2D eigenvalue weighted by Crippen LogP contribution is 2.20. The van der Waals surface area contributed by atoms with E-state index in [0.29, 0.717) is 11.3 Å². The van der Waals surface area contributed by atoms with E-state index in [4.69, 9.17) is 8.83 Å². The maximum atomic E-state index is 12.0. The molecule has 8 nitrogen and oxygen atoms in total. The molecule has 0 saturated carbocycles. The number of hydrogen-bond acceptors (Lipinski definition) is 7. The molecule has 0 aliphatic rings. The molecular formula is C16H15N3O5S. The van der Waals surface area contributed by atoms with Gasteiger partial charge in [-0.25, -0.2) is 8.42 Å². The second-order valence-electron chi connectivity index (χ2n) is 5.16. The molecule has 0 atom stereocenters. The van der Waals surface area contributed by atoms with Crippen molar-refractivity contribution >= 4 is 21.8 Å². The number of amides is 1. The van der Waals surface area contributed by atoms with Crippen molar-refractivity contribution in [3.8, 4) is 11.7 Å². The van der Waals surface area contributed by atoms with Gasteiger partial charge in [0.05, 0.1) is 23.3 Å². The molecule has 0 fully saturated rings. The lowest BCUT2D eigenvalue weighted by Gasteiger charge is -2.04. The second-order valence-corrected chi connectivity index (χ2v) is 7.44. The lowest BCUT2D eigenvalue weighted by molar-refractivity contribution is -0.115. The highest BCUT2D eigenvalue weighted by Gasteiger charge is 2.14. The number of benzene rings is 1. The van der Waals surface area contributed by atoms with Gasteiger partial charge >= 0.3 is 6.01 Å². The van der Waals surface area contributed by atoms with Crippen LogP contribution in [0, 0.1) is 0 Å². The summed E-state index contributed by atoms with van der Waals surface area (Å²) in [5, 5.41) is 9.99. The zero-order chi connectivity index (χ0) is 17.9. The Labute approximate surface area is 143 Å². The first kappa shape index (κ1) is 16.9. The molecule has 1 amide bonds. The monoisotopic (exact) mass is 361 g/mol. The van der Waals surface area contributed by atoms with Crippen LogP contribution in [0.25, 0.3) is 11.7 Å². The third kappa shape index (κ3) is 3.94. The number of furan rings is 1. The highest BCUT2D eigenvalue weighted by molar-refractivity contribution is 7.91. The molecule has 0 radical (unpaired) electrons. The van der Waals surface area contributed by atoms with Gasteiger partial charge in [-0.1, -0.05) is 24.2 Å². The minimum absolute atomic E-state index is 0.0298. The van der Waals surface area contributed by atoms with Crippen molar-refractivity contribution in [2.45, 2.75) is 18.2 Å². The molecule has 130 valence electrons. The Kier molecular flexibility index (Phi) is 4.66. The number of sulfone groups is 1. The average Bonchev–Trinajstić information content (AvgIpc) is 3.26. The third-order valence-electron chi connectivity index (χ3n) is 3.43. The van der Waals surface area contributed by atoms with Gasteiger partial charge in [-0.3, -0.25) is 10.1 Å². The Morgan fingerprint density at radius 3 is 2.56 bits per heavy atom. The zero-order valence-electron chi connectivity index (χ0n) is 13.3. The minimum Gasteiger partial charge on any atom is -0.459 e. The van der Waals surface area contributed by atoms with Crippen LogP contribution in [0.2, 0.25) is 0 Å². The van der Waals surface area contributed by atoms with Crippen LogP contribution in [0.1, 0.15) is 12.5 Å². The first-order chi connectivity index (χ1) is 12.0. The lowest BCUT2D eigenvalue weighted by Crippen LogP contribution is -2.14. The van der Waals surface area contributed by atoms with E-state index in [2.05, 4.69) is 15.5 Å². The van der Waals surface area contributed by atoms with Gasteiger partial charge in [0.15, 0.2) is 15.6 Å². The van der Waals surface area contributed by atoms with Crippen LogP contribution in [-0.4, -0.2) is 30.3 Å². The Balaban J connectivity index is 1.63. The van der Waals surface area contributed by atoms with Crippen molar-refractivity contribution in [2.24, 2.45) is 0 Å². The van der Waals surface area contributed by atoms with Crippen molar-refractivity contribution in [1.29, 1.82) is 0 Å². The fraction of sp³-hybridized carbons (Fsp3) is 0.188. The summed E-state index contributed by atoms with van der Waals surface area (Å²) < 4.78 is 33.9. The van der Waals surface area contributed by atoms with Crippen LogP contribution in [0.5, 0.6) is 0 Å². The molecule has 3 aromatic rings. The van der Waals surface area contributed by atoms with E-state index < -0.39 is 9.84 Å². The number of nitrogens with zero attached hydrogens (tertiary/aromatic N) is 2. The van der Waals surface area contributed by atoms with E-state index >= 15 is 0 Å². The molecule has 0 bridgehead atoms. The van der Waals surface area contributed by atoms with E-state index in [1.165, 1.54) is 18.4 Å². The Morgan fingerprint density at radius 2 is 1.92 bits per heavy atom. The van der Waals surface area contributed by atoms with Crippen LogP contribution in [0.3, 0.4) is 0 Å². The molecule has 3 rings (SSSR count). The van der Waals surface area contributed by atoms with E-state index in [1.54, 1.807) is 31.2 Å². The lowest BCUT2D eigenvalue weighted by atomic mass is 10.1. The third-order valence-corrected chi connectivity index (χ3v) is 5.18. The van der Waals surface area contributed by atoms with Gasteiger partial charge in [-0.05, 0) is 29.8 Å². The number of carbonyl (C=O) groups is 1. The van der Waals surface area contributed by atoms with E-state index in [1.807, 2.05) is 0 Å². The summed E-state index contributed by atoms with van der Waals surface area (Å²) in [6.07, 6.45) is 1.52. The number of rotatable bonds is 6. The van der Waals surface area contributed by atoms with Gasteiger partial charge in [0.2, 0.25) is 5.91 Å². The smallest absolute Gasteiger partial charge is 0.322 e. The fourth-order valence-electron chi connectivity index (χ4n) is 2.10. The summed E-state index contributed by atoms with van der Waals surface area (Å²) in [6.45, 7) is 1.58. The zero-order valence-corrected chi connectivity index (χ0v) is 14.1. The van der Waals surface area contributed by atoms with Crippen molar-refractivity contribution in [1.82, 2.24) is 10.2 Å². The van der Waals surface area contributed by atoms with Gasteiger partial charge in [-0.2, -0.15) is 0 Å². The summed E-state index contributed by atoms with van der Waals surface area (Å²) in [6, 6.07) is 9.48. The van der Waals surface area contributed by atoms with Crippen LogP contribution >= 0.6 is 0 Å². The number of hydrogen-bond donors (Lipinski definition) is 1. The van der Waals surface area contributed by atoms with Crippen LogP contribution in [-0.2, 0) is 21.1 Å². The van der Waals surface area contributed by atoms with E-state index in [9.17, 15) is 13.2 Å². The van der Waals surface area contributed by atoms with Gasteiger partial charge in [0, 0.05) is 0 Å². The standard InChI is InChI=1S/C16H15N3O5S/c1-2-25(21,22)12-7-5-11(6-8-12)10-14(20)17-16-19-18-15(24-16)13-4-3-9-23-13/h3-9H,2,10H2,1H3,(H,17,19,20). The number of aromatic nitrogens is 2. The average molecular weight is 361 g/mol. The normalized spacial score (nSPS) is 11.4. The molecule has 0 spiro atoms. The maximum Gasteiger partial charge on any atom is 0.322 e. The topological polar surface area (TPSA) is 115 Å². The molecule has 2 heterocycles. The minimum atomic E-state index is -3.25.